The molecule has 0 saturated carbocycles. The van der Waals surface area contributed by atoms with Gasteiger partial charge in [0.2, 0.25) is 5.82 Å². The summed E-state index contributed by atoms with van der Waals surface area (Å²) in [4.78, 5) is 10.9. The van der Waals surface area contributed by atoms with E-state index in [0.717, 1.165) is 24.5 Å². The summed E-state index contributed by atoms with van der Waals surface area (Å²) in [6.07, 6.45) is 0.904. The van der Waals surface area contributed by atoms with Gasteiger partial charge in [-0.2, -0.15) is 28.6 Å². The molecule has 0 aromatic carbocycles. The largest absolute Gasteiger partial charge is 0.363 e. The molecule has 2 heterocycles. The number of aromatic nitrogens is 2. The molecule has 1 saturated heterocycles. The van der Waals surface area contributed by atoms with Gasteiger partial charge in [-0.05, 0) is 13.3 Å². The summed E-state index contributed by atoms with van der Waals surface area (Å²) < 4.78 is 1.73. The Hall–Kier alpha value is -0.890. The van der Waals surface area contributed by atoms with Crippen molar-refractivity contribution in [3.8, 4) is 0 Å². The number of nitro groups is 1. The fourth-order valence-electron chi connectivity index (χ4n) is 2.20. The van der Waals surface area contributed by atoms with Gasteiger partial charge in [-0.15, -0.1) is 0 Å². The van der Waals surface area contributed by atoms with Crippen molar-refractivity contribution in [1.29, 1.82) is 0 Å². The average molecular weight is 316 g/mol. The zero-order valence-electron chi connectivity index (χ0n) is 11.8. The number of thioether (sulfide) groups is 2. The highest BCUT2D eigenvalue weighted by Gasteiger charge is 2.26. The minimum absolute atomic E-state index is 0.118. The summed E-state index contributed by atoms with van der Waals surface area (Å²) >= 11 is 3.89. The highest BCUT2D eigenvalue weighted by molar-refractivity contribution is 8.06. The van der Waals surface area contributed by atoms with Crippen LogP contribution in [0.4, 0.5) is 11.5 Å². The summed E-state index contributed by atoms with van der Waals surface area (Å²) in [6.45, 7) is 5.19. The monoisotopic (exact) mass is 316 g/mol. The SMILES string of the molecule is CCCn1nc(C)c([N+](=O)[O-])c1NCC1CSCCS1. The molecule has 1 aliphatic heterocycles. The first-order valence-corrected chi connectivity index (χ1v) is 8.98. The van der Waals surface area contributed by atoms with Crippen molar-refractivity contribution in [2.24, 2.45) is 0 Å². The lowest BCUT2D eigenvalue weighted by Crippen LogP contribution is -2.24. The second-order valence-corrected chi connectivity index (χ2v) is 7.27. The second kappa shape index (κ2) is 7.21. The highest BCUT2D eigenvalue weighted by Crippen LogP contribution is 2.30. The van der Waals surface area contributed by atoms with Crippen LogP contribution in [0.1, 0.15) is 19.0 Å². The number of nitrogens with zero attached hydrogens (tertiary/aromatic N) is 3. The number of hydrogen-bond donors (Lipinski definition) is 1. The maximum Gasteiger partial charge on any atom is 0.333 e. The van der Waals surface area contributed by atoms with Gasteiger partial charge in [0.25, 0.3) is 0 Å². The van der Waals surface area contributed by atoms with E-state index in [1.165, 1.54) is 5.75 Å². The van der Waals surface area contributed by atoms with Crippen molar-refractivity contribution in [2.75, 3.05) is 29.1 Å². The van der Waals surface area contributed by atoms with Gasteiger partial charge in [0.05, 0.1) is 4.92 Å². The van der Waals surface area contributed by atoms with Gasteiger partial charge in [0, 0.05) is 35.6 Å². The molecule has 20 heavy (non-hydrogen) atoms. The topological polar surface area (TPSA) is 73.0 Å². The summed E-state index contributed by atoms with van der Waals surface area (Å²) in [6, 6.07) is 0. The van der Waals surface area contributed by atoms with E-state index < -0.39 is 0 Å². The van der Waals surface area contributed by atoms with Crippen LogP contribution in [0.5, 0.6) is 0 Å². The van der Waals surface area contributed by atoms with Gasteiger partial charge in [0.15, 0.2) is 0 Å². The molecule has 8 heteroatoms. The van der Waals surface area contributed by atoms with Crippen molar-refractivity contribution in [3.63, 3.8) is 0 Å². The first-order chi connectivity index (χ1) is 9.63. The highest BCUT2D eigenvalue weighted by atomic mass is 32.2. The fourth-order valence-corrected chi connectivity index (χ4v) is 4.82. The van der Waals surface area contributed by atoms with Gasteiger partial charge < -0.3 is 5.32 Å². The Morgan fingerprint density at radius 2 is 2.35 bits per heavy atom. The van der Waals surface area contributed by atoms with Crippen molar-refractivity contribution in [3.05, 3.63) is 15.8 Å². The normalized spacial score (nSPS) is 19.0. The van der Waals surface area contributed by atoms with Gasteiger partial charge >= 0.3 is 5.69 Å². The minimum atomic E-state index is -0.334. The van der Waals surface area contributed by atoms with Crippen molar-refractivity contribution in [1.82, 2.24) is 9.78 Å². The van der Waals surface area contributed by atoms with E-state index in [-0.39, 0.29) is 10.6 Å². The minimum Gasteiger partial charge on any atom is -0.363 e. The average Bonchev–Trinajstić information content (AvgIpc) is 2.74. The van der Waals surface area contributed by atoms with Crippen LogP contribution in [0.25, 0.3) is 0 Å². The lowest BCUT2D eigenvalue weighted by atomic mass is 10.3. The number of anilines is 1. The van der Waals surface area contributed by atoms with Gasteiger partial charge in [-0.3, -0.25) is 10.1 Å². The van der Waals surface area contributed by atoms with E-state index in [1.54, 1.807) is 11.6 Å². The third-order valence-electron chi connectivity index (χ3n) is 3.10. The van der Waals surface area contributed by atoms with E-state index in [9.17, 15) is 10.1 Å². The molecule has 1 unspecified atom stereocenters. The number of hydrogen-bond acceptors (Lipinski definition) is 6. The zero-order valence-corrected chi connectivity index (χ0v) is 13.4. The summed E-state index contributed by atoms with van der Waals surface area (Å²) in [5.74, 6) is 4.03. The summed E-state index contributed by atoms with van der Waals surface area (Å²) in [5, 5.41) is 19.3. The molecule has 1 fully saturated rings. The molecule has 2 rings (SSSR count). The van der Waals surface area contributed by atoms with Crippen LogP contribution in [0.3, 0.4) is 0 Å². The molecule has 0 aliphatic carbocycles. The summed E-state index contributed by atoms with van der Waals surface area (Å²) in [5.41, 5.74) is 0.600. The molecule has 1 atom stereocenters. The van der Waals surface area contributed by atoms with E-state index >= 15 is 0 Å². The van der Waals surface area contributed by atoms with E-state index in [2.05, 4.69) is 10.4 Å². The molecule has 1 aliphatic rings. The molecule has 1 N–H and O–H groups in total. The Bertz CT molecular complexity index is 472. The molecular weight excluding hydrogens is 296 g/mol. The third-order valence-corrected chi connectivity index (χ3v) is 5.94. The van der Waals surface area contributed by atoms with Gasteiger partial charge in [-0.25, -0.2) is 4.68 Å². The van der Waals surface area contributed by atoms with E-state index in [1.807, 2.05) is 30.4 Å². The van der Waals surface area contributed by atoms with Crippen LogP contribution >= 0.6 is 23.5 Å². The maximum absolute atomic E-state index is 11.2. The maximum atomic E-state index is 11.2. The molecule has 6 nitrogen and oxygen atoms in total. The Morgan fingerprint density at radius 1 is 1.55 bits per heavy atom. The van der Waals surface area contributed by atoms with Gasteiger partial charge in [-0.1, -0.05) is 6.92 Å². The van der Waals surface area contributed by atoms with Crippen LogP contribution in [0.2, 0.25) is 0 Å². The Balaban J connectivity index is 2.12. The van der Waals surface area contributed by atoms with Crippen LogP contribution in [-0.4, -0.2) is 43.8 Å². The van der Waals surface area contributed by atoms with Crippen LogP contribution in [0.15, 0.2) is 0 Å². The summed E-state index contributed by atoms with van der Waals surface area (Å²) in [7, 11) is 0. The van der Waals surface area contributed by atoms with Crippen LogP contribution < -0.4 is 5.32 Å². The first-order valence-electron chi connectivity index (χ1n) is 6.78. The quantitative estimate of drug-likeness (QED) is 0.642. The number of aryl methyl sites for hydroxylation is 2. The van der Waals surface area contributed by atoms with Crippen LogP contribution in [0, 0.1) is 17.0 Å². The molecule has 0 bridgehead atoms. The molecule has 1 aromatic heterocycles. The molecular formula is C12H20N4O2S2. The predicted molar refractivity (Wildman–Crippen MR) is 86.0 cm³/mol. The van der Waals surface area contributed by atoms with Crippen molar-refractivity contribution >= 4 is 35.0 Å². The predicted octanol–water partition coefficient (Wildman–Crippen LogP) is 2.77. The molecule has 112 valence electrons. The molecule has 1 aromatic rings. The standard InChI is InChI=1S/C12H20N4O2S2/c1-3-4-15-12(11(16(17)18)9(2)14-15)13-7-10-8-19-5-6-20-10/h10,13H,3-8H2,1-2H3. The smallest absolute Gasteiger partial charge is 0.333 e. The van der Waals surface area contributed by atoms with Crippen molar-refractivity contribution in [2.45, 2.75) is 32.1 Å². The van der Waals surface area contributed by atoms with Crippen LogP contribution in [-0.2, 0) is 6.54 Å². The second-order valence-electron chi connectivity index (χ2n) is 4.71. The Morgan fingerprint density at radius 3 is 2.95 bits per heavy atom. The lowest BCUT2D eigenvalue weighted by molar-refractivity contribution is -0.384. The van der Waals surface area contributed by atoms with E-state index in [4.69, 9.17) is 0 Å². The van der Waals surface area contributed by atoms with Crippen molar-refractivity contribution < 1.29 is 4.92 Å². The molecule has 0 amide bonds. The molecule has 0 spiro atoms. The Kier molecular flexibility index (Phi) is 5.59. The fraction of sp³-hybridized carbons (Fsp3) is 0.750. The zero-order chi connectivity index (χ0) is 14.5. The lowest BCUT2D eigenvalue weighted by Gasteiger charge is -2.21. The number of nitrogens with one attached hydrogen (secondary N) is 1. The van der Waals surface area contributed by atoms with E-state index in [0.29, 0.717) is 23.3 Å². The Labute approximate surface area is 127 Å². The molecule has 0 radical (unpaired) electrons. The first kappa shape index (κ1) is 15.5. The van der Waals surface area contributed by atoms with Gasteiger partial charge in [0.1, 0.15) is 5.69 Å². The number of rotatable bonds is 6. The third kappa shape index (κ3) is 3.60.